The average Bonchev–Trinajstić information content (AvgIpc) is 3.17. The van der Waals surface area contributed by atoms with Gasteiger partial charge in [-0.2, -0.15) is 0 Å². The molecule has 0 radical (unpaired) electrons. The summed E-state index contributed by atoms with van der Waals surface area (Å²) < 4.78 is 4.19. The molecule has 0 aliphatic rings. The van der Waals surface area contributed by atoms with Crippen molar-refractivity contribution in [3.63, 3.8) is 0 Å². The zero-order valence-corrected chi connectivity index (χ0v) is 16.2. The van der Waals surface area contributed by atoms with Crippen molar-refractivity contribution in [2.75, 3.05) is 0 Å². The number of aryl methyl sites for hydroxylation is 1. The van der Waals surface area contributed by atoms with Gasteiger partial charge in [0, 0.05) is 37.7 Å². The largest absolute Gasteiger partial charge is 0.354 e. The van der Waals surface area contributed by atoms with Crippen molar-refractivity contribution in [2.24, 2.45) is 7.05 Å². The second-order valence-electron chi connectivity index (χ2n) is 5.62. The smallest absolute Gasteiger partial charge is 0.191 e. The van der Waals surface area contributed by atoms with E-state index in [0.29, 0.717) is 16.6 Å². The predicted molar refractivity (Wildman–Crippen MR) is 104 cm³/mol. The molecule has 130 valence electrons. The second-order valence-corrected chi connectivity index (χ2v) is 7.38. The Hall–Kier alpha value is -1.69. The lowest BCUT2D eigenvalue weighted by atomic mass is 10.2. The number of halogens is 2. The van der Waals surface area contributed by atoms with E-state index < -0.39 is 0 Å². The molecule has 3 aromatic rings. The average molecular weight is 393 g/mol. The quantitative estimate of drug-likeness (QED) is 0.419. The van der Waals surface area contributed by atoms with Gasteiger partial charge >= 0.3 is 0 Å². The third kappa shape index (κ3) is 4.29. The minimum absolute atomic E-state index is 0.565. The van der Waals surface area contributed by atoms with Crippen LogP contribution in [0.2, 0.25) is 10.0 Å². The Labute approximate surface area is 161 Å². The molecule has 3 rings (SSSR count). The van der Waals surface area contributed by atoms with E-state index in [1.165, 1.54) is 5.69 Å². The molecular formula is C18H18Cl2N4S. The summed E-state index contributed by atoms with van der Waals surface area (Å²) in [5.41, 5.74) is 2.29. The van der Waals surface area contributed by atoms with Crippen LogP contribution in [0.1, 0.15) is 17.1 Å². The normalized spacial score (nSPS) is 11.0. The van der Waals surface area contributed by atoms with E-state index >= 15 is 0 Å². The highest BCUT2D eigenvalue weighted by Crippen LogP contribution is 2.27. The van der Waals surface area contributed by atoms with Gasteiger partial charge in [0.05, 0.1) is 10.0 Å². The first kappa shape index (κ1) is 18.1. The maximum atomic E-state index is 6.09. The van der Waals surface area contributed by atoms with Gasteiger partial charge in [0.2, 0.25) is 0 Å². The molecule has 2 heterocycles. The Morgan fingerprint density at radius 3 is 2.72 bits per heavy atom. The Morgan fingerprint density at radius 2 is 2.04 bits per heavy atom. The fourth-order valence-electron chi connectivity index (χ4n) is 2.49. The Bertz CT molecular complexity index is 885. The SMILES string of the molecule is C=CCn1c(Cc2cccn2C)nnc1SCc1ccc(Cl)c(Cl)c1. The van der Waals surface area contributed by atoms with Crippen LogP contribution in [0.15, 0.2) is 54.3 Å². The number of benzene rings is 1. The van der Waals surface area contributed by atoms with E-state index in [0.717, 1.165) is 28.7 Å². The van der Waals surface area contributed by atoms with Gasteiger partial charge in [-0.05, 0) is 29.8 Å². The number of thioether (sulfide) groups is 1. The molecule has 0 saturated carbocycles. The summed E-state index contributed by atoms with van der Waals surface area (Å²) >= 11 is 13.7. The van der Waals surface area contributed by atoms with Crippen LogP contribution in [-0.4, -0.2) is 19.3 Å². The van der Waals surface area contributed by atoms with Gasteiger partial charge in [0.25, 0.3) is 0 Å². The minimum atomic E-state index is 0.565. The minimum Gasteiger partial charge on any atom is -0.354 e. The molecule has 0 aliphatic carbocycles. The van der Waals surface area contributed by atoms with Crippen LogP contribution in [0, 0.1) is 0 Å². The first-order chi connectivity index (χ1) is 12.1. The van der Waals surface area contributed by atoms with Crippen LogP contribution in [0.5, 0.6) is 0 Å². The number of hydrogen-bond donors (Lipinski definition) is 0. The van der Waals surface area contributed by atoms with Crippen molar-refractivity contribution in [1.29, 1.82) is 0 Å². The first-order valence-corrected chi connectivity index (χ1v) is 9.52. The molecular weight excluding hydrogens is 375 g/mol. The summed E-state index contributed by atoms with van der Waals surface area (Å²) in [7, 11) is 2.03. The molecule has 0 atom stereocenters. The van der Waals surface area contributed by atoms with E-state index in [1.54, 1.807) is 11.8 Å². The summed E-state index contributed by atoms with van der Waals surface area (Å²) in [6, 6.07) is 9.80. The van der Waals surface area contributed by atoms with Gasteiger partial charge < -0.3 is 9.13 Å². The molecule has 1 aromatic carbocycles. The maximum Gasteiger partial charge on any atom is 0.191 e. The molecule has 0 spiro atoms. The summed E-state index contributed by atoms with van der Waals surface area (Å²) in [5.74, 6) is 1.68. The molecule has 7 heteroatoms. The lowest BCUT2D eigenvalue weighted by Gasteiger charge is -2.08. The van der Waals surface area contributed by atoms with Crippen LogP contribution in [0.25, 0.3) is 0 Å². The van der Waals surface area contributed by atoms with Gasteiger partial charge in [-0.1, -0.05) is 47.1 Å². The fraction of sp³-hybridized carbons (Fsp3) is 0.222. The van der Waals surface area contributed by atoms with Crippen molar-refractivity contribution >= 4 is 35.0 Å². The van der Waals surface area contributed by atoms with Gasteiger partial charge in [0.15, 0.2) is 5.16 Å². The Kier molecular flexibility index (Phi) is 5.89. The molecule has 2 aromatic heterocycles. The van der Waals surface area contributed by atoms with Crippen LogP contribution < -0.4 is 0 Å². The zero-order chi connectivity index (χ0) is 17.8. The van der Waals surface area contributed by atoms with Crippen molar-refractivity contribution in [2.45, 2.75) is 23.9 Å². The van der Waals surface area contributed by atoms with Crippen LogP contribution in [0.3, 0.4) is 0 Å². The number of nitrogens with zero attached hydrogens (tertiary/aromatic N) is 4. The summed E-state index contributed by atoms with van der Waals surface area (Å²) in [6.45, 7) is 4.53. The molecule has 0 N–H and O–H groups in total. The lowest BCUT2D eigenvalue weighted by Crippen LogP contribution is -2.06. The van der Waals surface area contributed by atoms with Crippen molar-refractivity contribution in [1.82, 2.24) is 19.3 Å². The zero-order valence-electron chi connectivity index (χ0n) is 13.8. The topological polar surface area (TPSA) is 35.6 Å². The van der Waals surface area contributed by atoms with Crippen molar-refractivity contribution < 1.29 is 0 Å². The highest BCUT2D eigenvalue weighted by molar-refractivity contribution is 7.98. The Balaban J connectivity index is 1.77. The highest BCUT2D eigenvalue weighted by atomic mass is 35.5. The third-order valence-corrected chi connectivity index (χ3v) is 5.62. The molecule has 0 bridgehead atoms. The first-order valence-electron chi connectivity index (χ1n) is 7.78. The van der Waals surface area contributed by atoms with Crippen LogP contribution >= 0.6 is 35.0 Å². The van der Waals surface area contributed by atoms with Gasteiger partial charge in [-0.25, -0.2) is 0 Å². The van der Waals surface area contributed by atoms with Crippen LogP contribution in [0.4, 0.5) is 0 Å². The van der Waals surface area contributed by atoms with Crippen molar-refractivity contribution in [3.05, 3.63) is 76.3 Å². The Morgan fingerprint density at radius 1 is 1.20 bits per heavy atom. The molecule has 0 saturated heterocycles. The highest BCUT2D eigenvalue weighted by Gasteiger charge is 2.13. The lowest BCUT2D eigenvalue weighted by molar-refractivity contribution is 0.681. The van der Waals surface area contributed by atoms with E-state index in [2.05, 4.69) is 32.0 Å². The van der Waals surface area contributed by atoms with E-state index in [1.807, 2.05) is 43.6 Å². The third-order valence-electron chi connectivity index (χ3n) is 3.85. The molecule has 4 nitrogen and oxygen atoms in total. The number of rotatable bonds is 7. The molecule has 0 unspecified atom stereocenters. The molecule has 25 heavy (non-hydrogen) atoms. The number of aromatic nitrogens is 4. The molecule has 0 aliphatic heterocycles. The van der Waals surface area contributed by atoms with E-state index in [4.69, 9.17) is 23.2 Å². The molecule has 0 amide bonds. The second kappa shape index (κ2) is 8.13. The summed E-state index contributed by atoms with van der Waals surface area (Å²) in [6.07, 6.45) is 4.63. The summed E-state index contributed by atoms with van der Waals surface area (Å²) in [4.78, 5) is 0. The summed E-state index contributed by atoms with van der Waals surface area (Å²) in [5, 5.41) is 10.7. The number of allylic oxidation sites excluding steroid dienone is 1. The monoisotopic (exact) mass is 392 g/mol. The molecule has 0 fully saturated rings. The van der Waals surface area contributed by atoms with E-state index in [9.17, 15) is 0 Å². The van der Waals surface area contributed by atoms with Gasteiger partial charge in [-0.3, -0.25) is 0 Å². The van der Waals surface area contributed by atoms with Gasteiger partial charge in [-0.15, -0.1) is 16.8 Å². The maximum absolute atomic E-state index is 6.09. The fourth-order valence-corrected chi connectivity index (χ4v) is 3.72. The van der Waals surface area contributed by atoms with Gasteiger partial charge in [0.1, 0.15) is 5.82 Å². The standard InChI is InChI=1S/C18H18Cl2N4S/c1-3-8-24-17(11-14-5-4-9-23(14)2)21-22-18(24)25-12-13-6-7-15(19)16(20)10-13/h3-7,9-10H,1,8,11-12H2,2H3. The number of hydrogen-bond acceptors (Lipinski definition) is 3. The van der Waals surface area contributed by atoms with Crippen molar-refractivity contribution in [3.8, 4) is 0 Å². The van der Waals surface area contributed by atoms with Crippen LogP contribution in [-0.2, 0) is 25.8 Å². The predicted octanol–water partition coefficient (Wildman–Crippen LogP) is 4.99. The van der Waals surface area contributed by atoms with E-state index in [-0.39, 0.29) is 0 Å².